The van der Waals surface area contributed by atoms with Gasteiger partial charge in [-0.05, 0) is 37.1 Å². The maximum absolute atomic E-state index is 11.3. The van der Waals surface area contributed by atoms with Gasteiger partial charge in [-0.1, -0.05) is 6.58 Å². The van der Waals surface area contributed by atoms with Crippen molar-refractivity contribution in [2.45, 2.75) is 12.8 Å². The molecule has 0 unspecified atom stereocenters. The minimum Gasteiger partial charge on any atom is -0.356 e. The summed E-state index contributed by atoms with van der Waals surface area (Å²) < 4.78 is 0. The zero-order valence-corrected chi connectivity index (χ0v) is 11.2. The molecule has 5 heteroatoms. The third-order valence-electron chi connectivity index (χ3n) is 3.47. The Morgan fingerprint density at radius 3 is 2.85 bits per heavy atom. The van der Waals surface area contributed by atoms with E-state index in [4.69, 9.17) is 0 Å². The Hall–Kier alpha value is -2.43. The number of fused-ring (bicyclic) bond motifs is 1. The van der Waals surface area contributed by atoms with Gasteiger partial charge in [-0.2, -0.15) is 0 Å². The van der Waals surface area contributed by atoms with Crippen LogP contribution >= 0.6 is 0 Å². The molecular weight excluding hydrogens is 252 g/mol. The number of nitrogens with zero attached hydrogens (tertiary/aromatic N) is 3. The first-order valence-electron chi connectivity index (χ1n) is 6.71. The Labute approximate surface area is 117 Å². The van der Waals surface area contributed by atoms with Crippen molar-refractivity contribution >= 4 is 28.3 Å². The van der Waals surface area contributed by atoms with E-state index in [0.717, 1.165) is 29.8 Å². The maximum Gasteiger partial charge on any atom is 0.247 e. The van der Waals surface area contributed by atoms with E-state index in [2.05, 4.69) is 26.8 Å². The third-order valence-corrected chi connectivity index (χ3v) is 3.47. The van der Waals surface area contributed by atoms with Gasteiger partial charge in [0.2, 0.25) is 5.91 Å². The van der Waals surface area contributed by atoms with Gasteiger partial charge in [0.05, 0.1) is 5.52 Å². The Bertz CT molecular complexity index is 662. The highest BCUT2D eigenvalue weighted by molar-refractivity contribution is 6.01. The molecule has 0 radical (unpaired) electrons. The van der Waals surface area contributed by atoms with Crippen LogP contribution in [0.5, 0.6) is 0 Å². The second-order valence-corrected chi connectivity index (χ2v) is 4.82. The number of hydrogen-bond acceptors (Lipinski definition) is 4. The second kappa shape index (κ2) is 5.28. The van der Waals surface area contributed by atoms with Crippen LogP contribution in [0, 0.1) is 0 Å². The lowest BCUT2D eigenvalue weighted by Crippen LogP contribution is -2.19. The average Bonchev–Trinajstić information content (AvgIpc) is 3.00. The zero-order chi connectivity index (χ0) is 13.9. The highest BCUT2D eigenvalue weighted by Gasteiger charge is 2.16. The number of carbonyl (C=O) groups excluding carboxylic acids is 1. The number of benzene rings is 1. The number of anilines is 2. The smallest absolute Gasteiger partial charge is 0.247 e. The molecule has 0 spiro atoms. The average molecular weight is 268 g/mol. The number of carbonyl (C=O) groups is 1. The van der Waals surface area contributed by atoms with Gasteiger partial charge in [0.1, 0.15) is 12.1 Å². The summed E-state index contributed by atoms with van der Waals surface area (Å²) in [7, 11) is 0. The van der Waals surface area contributed by atoms with Crippen molar-refractivity contribution in [1.29, 1.82) is 0 Å². The molecule has 20 heavy (non-hydrogen) atoms. The second-order valence-electron chi connectivity index (χ2n) is 4.82. The largest absolute Gasteiger partial charge is 0.356 e. The van der Waals surface area contributed by atoms with Crippen molar-refractivity contribution in [2.24, 2.45) is 0 Å². The first kappa shape index (κ1) is 12.6. The van der Waals surface area contributed by atoms with Crippen molar-refractivity contribution in [3.05, 3.63) is 37.2 Å². The Balaban J connectivity index is 1.99. The molecule has 1 aromatic heterocycles. The molecular formula is C15H16N4O. The molecule has 0 saturated carbocycles. The summed E-state index contributed by atoms with van der Waals surface area (Å²) in [6.07, 6.45) is 5.24. The van der Waals surface area contributed by atoms with Gasteiger partial charge in [-0.15, -0.1) is 0 Å². The van der Waals surface area contributed by atoms with Crippen LogP contribution in [0.1, 0.15) is 12.8 Å². The number of hydrogen-bond donors (Lipinski definition) is 1. The van der Waals surface area contributed by atoms with E-state index in [9.17, 15) is 4.79 Å². The predicted octanol–water partition coefficient (Wildman–Crippen LogP) is 2.35. The van der Waals surface area contributed by atoms with Crippen LogP contribution < -0.4 is 10.2 Å². The normalized spacial score (nSPS) is 14.5. The summed E-state index contributed by atoms with van der Waals surface area (Å²) in [5.41, 5.74) is 1.55. The van der Waals surface area contributed by atoms with Gasteiger partial charge < -0.3 is 10.2 Å². The summed E-state index contributed by atoms with van der Waals surface area (Å²) in [5, 5.41) is 3.76. The van der Waals surface area contributed by atoms with Gasteiger partial charge in [0.15, 0.2) is 0 Å². The van der Waals surface area contributed by atoms with E-state index in [1.165, 1.54) is 18.9 Å². The van der Waals surface area contributed by atoms with Gasteiger partial charge in [-0.25, -0.2) is 9.97 Å². The highest BCUT2D eigenvalue weighted by Crippen LogP contribution is 2.27. The van der Waals surface area contributed by atoms with Gasteiger partial charge in [0.25, 0.3) is 0 Å². The lowest BCUT2D eigenvalue weighted by Gasteiger charge is -2.18. The molecule has 1 N–H and O–H groups in total. The molecule has 5 nitrogen and oxygen atoms in total. The molecule has 1 amide bonds. The van der Waals surface area contributed by atoms with Crippen molar-refractivity contribution in [1.82, 2.24) is 9.97 Å². The van der Waals surface area contributed by atoms with Crippen molar-refractivity contribution < 1.29 is 4.79 Å². The van der Waals surface area contributed by atoms with E-state index >= 15 is 0 Å². The Kier molecular flexibility index (Phi) is 3.33. The van der Waals surface area contributed by atoms with Crippen LogP contribution in [0.3, 0.4) is 0 Å². The fourth-order valence-electron chi connectivity index (χ4n) is 2.49. The van der Waals surface area contributed by atoms with Gasteiger partial charge in [-0.3, -0.25) is 4.79 Å². The molecule has 0 aliphatic carbocycles. The first-order chi connectivity index (χ1) is 9.78. The van der Waals surface area contributed by atoms with Crippen LogP contribution in [-0.2, 0) is 4.79 Å². The van der Waals surface area contributed by atoms with Crippen molar-refractivity contribution in [2.75, 3.05) is 23.3 Å². The minimum atomic E-state index is -0.224. The number of aromatic nitrogens is 2. The van der Waals surface area contributed by atoms with Crippen molar-refractivity contribution in [3.8, 4) is 0 Å². The zero-order valence-electron chi connectivity index (χ0n) is 11.2. The van der Waals surface area contributed by atoms with E-state index in [1.807, 2.05) is 18.2 Å². The van der Waals surface area contributed by atoms with Crippen LogP contribution in [-0.4, -0.2) is 29.0 Å². The predicted molar refractivity (Wildman–Crippen MR) is 79.8 cm³/mol. The topological polar surface area (TPSA) is 58.1 Å². The standard InChI is InChI=1S/C15H16N4O/c1-2-14(20)18-11-5-6-12-13(9-11)16-10-17-15(12)19-7-3-4-8-19/h2,5-6,9-10H,1,3-4,7-8H2,(H,18,20). The molecule has 0 atom stereocenters. The quantitative estimate of drug-likeness (QED) is 0.868. The lowest BCUT2D eigenvalue weighted by atomic mass is 10.2. The number of rotatable bonds is 3. The Morgan fingerprint density at radius 1 is 1.30 bits per heavy atom. The first-order valence-corrected chi connectivity index (χ1v) is 6.71. The molecule has 0 bridgehead atoms. The molecule has 1 fully saturated rings. The summed E-state index contributed by atoms with van der Waals surface area (Å²) >= 11 is 0. The summed E-state index contributed by atoms with van der Waals surface area (Å²) in [6.45, 7) is 5.53. The van der Waals surface area contributed by atoms with E-state index in [1.54, 1.807) is 6.33 Å². The highest BCUT2D eigenvalue weighted by atomic mass is 16.1. The maximum atomic E-state index is 11.3. The van der Waals surface area contributed by atoms with Crippen molar-refractivity contribution in [3.63, 3.8) is 0 Å². The molecule has 3 rings (SSSR count). The van der Waals surface area contributed by atoms with Crippen LogP contribution in [0.2, 0.25) is 0 Å². The van der Waals surface area contributed by atoms with E-state index in [0.29, 0.717) is 5.69 Å². The fourth-order valence-corrected chi connectivity index (χ4v) is 2.49. The van der Waals surface area contributed by atoms with Crippen LogP contribution in [0.25, 0.3) is 10.9 Å². The monoisotopic (exact) mass is 268 g/mol. The molecule has 1 saturated heterocycles. The van der Waals surface area contributed by atoms with E-state index in [-0.39, 0.29) is 5.91 Å². The molecule has 1 aromatic carbocycles. The number of nitrogens with one attached hydrogen (secondary N) is 1. The Morgan fingerprint density at radius 2 is 2.10 bits per heavy atom. The molecule has 102 valence electrons. The fraction of sp³-hybridized carbons (Fsp3) is 0.267. The van der Waals surface area contributed by atoms with Crippen LogP contribution in [0.4, 0.5) is 11.5 Å². The van der Waals surface area contributed by atoms with Gasteiger partial charge >= 0.3 is 0 Å². The molecule has 1 aliphatic rings. The SMILES string of the molecule is C=CC(=O)Nc1ccc2c(N3CCCC3)ncnc2c1. The minimum absolute atomic E-state index is 0.224. The summed E-state index contributed by atoms with van der Waals surface area (Å²) in [5.74, 6) is 0.757. The lowest BCUT2D eigenvalue weighted by molar-refractivity contribution is -0.111. The summed E-state index contributed by atoms with van der Waals surface area (Å²) in [6, 6.07) is 5.69. The van der Waals surface area contributed by atoms with Crippen LogP contribution in [0.15, 0.2) is 37.2 Å². The third kappa shape index (κ3) is 2.34. The molecule has 1 aliphatic heterocycles. The molecule has 2 heterocycles. The van der Waals surface area contributed by atoms with Gasteiger partial charge in [0, 0.05) is 24.2 Å². The van der Waals surface area contributed by atoms with E-state index < -0.39 is 0 Å². The molecule has 2 aromatic rings. The number of amides is 1. The summed E-state index contributed by atoms with van der Waals surface area (Å²) in [4.78, 5) is 22.3.